The zero-order chi connectivity index (χ0) is 17.6. The molecule has 0 spiro atoms. The summed E-state index contributed by atoms with van der Waals surface area (Å²) in [5, 5.41) is 29.6. The molecule has 2 saturated heterocycles. The monoisotopic (exact) mass is 360 g/mol. The average molecular weight is 360 g/mol. The minimum atomic E-state index is -1.16. The van der Waals surface area contributed by atoms with E-state index in [1.54, 1.807) is 10.9 Å². The molecule has 4 fully saturated rings. The first-order valence-electron chi connectivity index (χ1n) is 9.12. The maximum absolute atomic E-state index is 10.3. The number of nitrogens with zero attached hydrogens (tertiary/aromatic N) is 4. The maximum Gasteiger partial charge on any atom is 0.165 e. The van der Waals surface area contributed by atoms with E-state index in [-0.39, 0.29) is 6.61 Å². The molecule has 0 radical (unpaired) electrons. The Morgan fingerprint density at radius 1 is 1.08 bits per heavy atom. The molecule has 3 N–H and O–H groups in total. The lowest BCUT2D eigenvalue weighted by Gasteiger charge is -2.19. The van der Waals surface area contributed by atoms with Crippen molar-refractivity contribution in [2.24, 2.45) is 11.8 Å². The van der Waals surface area contributed by atoms with Crippen LogP contribution in [0.4, 0.5) is 0 Å². The highest BCUT2D eigenvalue weighted by Crippen LogP contribution is 2.61. The fourth-order valence-electron chi connectivity index (χ4n) is 5.35. The van der Waals surface area contributed by atoms with Crippen LogP contribution in [0.5, 0.6) is 0 Å². The highest BCUT2D eigenvalue weighted by atomic mass is 16.6. The predicted molar refractivity (Wildman–Crippen MR) is 85.9 cm³/mol. The fraction of sp³-hybridized carbons (Fsp3) is 0.706. The molecular formula is C17H20N4O5. The standard InChI is InChI=1S/C17H20N4O5/c22-3-9-12(23)13(24)17(25-9)21-5-20-11-10(18-4-19-16(11)21)7-1-6-2-8(7)15-14(6)26-15/h4-9,12-15,17,22-24H,1-3H2/t6-,7+,8-,9-,12-,13-,14+,15-,17-/m1/s1. The zero-order valence-electron chi connectivity index (χ0n) is 13.9. The van der Waals surface area contributed by atoms with Crippen LogP contribution in [0, 0.1) is 11.8 Å². The Bertz CT molecular complexity index is 874. The Morgan fingerprint density at radius 3 is 2.69 bits per heavy atom. The maximum atomic E-state index is 10.3. The molecule has 6 rings (SSSR count). The minimum Gasteiger partial charge on any atom is -0.394 e. The number of ether oxygens (including phenoxy) is 2. The van der Waals surface area contributed by atoms with Gasteiger partial charge in [0.1, 0.15) is 30.2 Å². The normalized spacial score (nSPS) is 46.2. The van der Waals surface area contributed by atoms with Crippen molar-refractivity contribution in [1.82, 2.24) is 19.5 Å². The van der Waals surface area contributed by atoms with E-state index in [0.717, 1.165) is 12.1 Å². The molecule has 2 bridgehead atoms. The number of imidazole rings is 1. The highest BCUT2D eigenvalue weighted by Gasteiger charge is 2.63. The second kappa shape index (κ2) is 5.20. The molecule has 0 aromatic carbocycles. The summed E-state index contributed by atoms with van der Waals surface area (Å²) in [6.07, 6.45) is 2.20. The van der Waals surface area contributed by atoms with Gasteiger partial charge in [-0.1, -0.05) is 0 Å². The molecule has 2 aliphatic carbocycles. The van der Waals surface area contributed by atoms with Crippen LogP contribution in [0.25, 0.3) is 11.2 Å². The first kappa shape index (κ1) is 15.4. The number of aromatic nitrogens is 4. The van der Waals surface area contributed by atoms with Crippen molar-refractivity contribution in [3.8, 4) is 0 Å². The third kappa shape index (κ3) is 1.89. The lowest BCUT2D eigenvalue weighted by Crippen LogP contribution is -2.33. The Balaban J connectivity index is 1.39. The van der Waals surface area contributed by atoms with E-state index in [1.807, 2.05) is 0 Å². The molecule has 9 heteroatoms. The second-order valence-electron chi connectivity index (χ2n) is 7.88. The SMILES string of the molecule is OC[C@H]1O[C@@H](n2cnc3c([C@H]4C[C@@H]5C[C@H]4[C@H]4O[C@@H]54)ncnc32)[C@H](O)[C@@H]1O. The molecule has 9 nitrogen and oxygen atoms in total. The van der Waals surface area contributed by atoms with Gasteiger partial charge in [-0.05, 0) is 24.7 Å². The van der Waals surface area contributed by atoms with Gasteiger partial charge < -0.3 is 24.8 Å². The molecule has 2 aromatic heterocycles. The van der Waals surface area contributed by atoms with Gasteiger partial charge in [0.2, 0.25) is 0 Å². The third-order valence-electron chi connectivity index (χ3n) is 6.63. The van der Waals surface area contributed by atoms with Crippen molar-refractivity contribution in [3.63, 3.8) is 0 Å². The van der Waals surface area contributed by atoms with Crippen LogP contribution >= 0.6 is 0 Å². The molecule has 0 amide bonds. The molecule has 4 heterocycles. The molecule has 4 aliphatic rings. The number of rotatable bonds is 3. The van der Waals surface area contributed by atoms with Gasteiger partial charge in [-0.2, -0.15) is 0 Å². The van der Waals surface area contributed by atoms with E-state index in [1.165, 1.54) is 12.7 Å². The van der Waals surface area contributed by atoms with Gasteiger partial charge in [0.05, 0.1) is 30.8 Å². The van der Waals surface area contributed by atoms with Gasteiger partial charge in [0.25, 0.3) is 0 Å². The van der Waals surface area contributed by atoms with Gasteiger partial charge in [0.15, 0.2) is 11.9 Å². The number of hydrogen-bond donors (Lipinski definition) is 3. The van der Waals surface area contributed by atoms with Crippen LogP contribution in [0.1, 0.15) is 30.7 Å². The van der Waals surface area contributed by atoms with E-state index in [2.05, 4.69) is 15.0 Å². The van der Waals surface area contributed by atoms with Crippen LogP contribution in [0.3, 0.4) is 0 Å². The van der Waals surface area contributed by atoms with Crippen LogP contribution < -0.4 is 0 Å². The van der Waals surface area contributed by atoms with Crippen molar-refractivity contribution in [3.05, 3.63) is 18.3 Å². The molecule has 138 valence electrons. The van der Waals surface area contributed by atoms with E-state index >= 15 is 0 Å². The van der Waals surface area contributed by atoms with Gasteiger partial charge in [-0.15, -0.1) is 0 Å². The summed E-state index contributed by atoms with van der Waals surface area (Å²) in [7, 11) is 0. The molecular weight excluding hydrogens is 340 g/mol. The van der Waals surface area contributed by atoms with E-state index in [9.17, 15) is 15.3 Å². The summed E-state index contributed by atoms with van der Waals surface area (Å²) in [5.74, 6) is 1.45. The molecule has 9 atom stereocenters. The Kier molecular flexibility index (Phi) is 3.08. The van der Waals surface area contributed by atoms with E-state index in [4.69, 9.17) is 9.47 Å². The Hall–Kier alpha value is -1.65. The number of epoxide rings is 1. The van der Waals surface area contributed by atoms with Crippen LogP contribution in [0.2, 0.25) is 0 Å². The summed E-state index contributed by atoms with van der Waals surface area (Å²) < 4.78 is 13.0. The molecule has 26 heavy (non-hydrogen) atoms. The van der Waals surface area contributed by atoms with Crippen molar-refractivity contribution in [1.29, 1.82) is 0 Å². The average Bonchev–Trinajstić information content (AvgIpc) is 2.95. The quantitative estimate of drug-likeness (QED) is 0.615. The molecule has 2 saturated carbocycles. The van der Waals surface area contributed by atoms with Gasteiger partial charge >= 0.3 is 0 Å². The van der Waals surface area contributed by atoms with E-state index < -0.39 is 24.5 Å². The lowest BCUT2D eigenvalue weighted by atomic mass is 9.86. The number of hydrogen-bond acceptors (Lipinski definition) is 8. The Morgan fingerprint density at radius 2 is 1.96 bits per heavy atom. The highest BCUT2D eigenvalue weighted by molar-refractivity contribution is 5.74. The van der Waals surface area contributed by atoms with Crippen molar-refractivity contribution in [2.45, 2.75) is 55.5 Å². The number of fused-ring (bicyclic) bond motifs is 6. The van der Waals surface area contributed by atoms with Crippen LogP contribution in [-0.2, 0) is 9.47 Å². The molecule has 2 aromatic rings. The minimum absolute atomic E-state index is 0.322. The van der Waals surface area contributed by atoms with Crippen molar-refractivity contribution >= 4 is 11.2 Å². The van der Waals surface area contributed by atoms with Gasteiger partial charge in [-0.3, -0.25) is 4.57 Å². The second-order valence-corrected chi connectivity index (χ2v) is 7.88. The largest absolute Gasteiger partial charge is 0.394 e. The smallest absolute Gasteiger partial charge is 0.165 e. The predicted octanol–water partition coefficient (Wildman–Crippen LogP) is -0.671. The number of aliphatic hydroxyl groups excluding tert-OH is 3. The lowest BCUT2D eigenvalue weighted by molar-refractivity contribution is -0.0511. The summed E-state index contributed by atoms with van der Waals surface area (Å²) in [6.45, 7) is -0.366. The van der Waals surface area contributed by atoms with Crippen molar-refractivity contribution in [2.75, 3.05) is 6.61 Å². The van der Waals surface area contributed by atoms with E-state index in [0.29, 0.717) is 41.1 Å². The van der Waals surface area contributed by atoms with Crippen LogP contribution in [0.15, 0.2) is 12.7 Å². The van der Waals surface area contributed by atoms with Crippen LogP contribution in [-0.4, -0.2) is 72.0 Å². The molecule has 0 unspecified atom stereocenters. The fourth-order valence-corrected chi connectivity index (χ4v) is 5.35. The first-order chi connectivity index (χ1) is 12.7. The number of aliphatic hydroxyl groups is 3. The Labute approximate surface area is 148 Å². The first-order valence-corrected chi connectivity index (χ1v) is 9.12. The topological polar surface area (TPSA) is 126 Å². The summed E-state index contributed by atoms with van der Waals surface area (Å²) >= 11 is 0. The molecule has 2 aliphatic heterocycles. The van der Waals surface area contributed by atoms with Gasteiger partial charge in [-0.25, -0.2) is 15.0 Å². The summed E-state index contributed by atoms with van der Waals surface area (Å²) in [4.78, 5) is 13.4. The summed E-state index contributed by atoms with van der Waals surface area (Å²) in [5.41, 5.74) is 2.21. The third-order valence-corrected chi connectivity index (χ3v) is 6.63. The van der Waals surface area contributed by atoms with Gasteiger partial charge in [0, 0.05) is 5.92 Å². The summed E-state index contributed by atoms with van der Waals surface area (Å²) in [6, 6.07) is 0. The zero-order valence-corrected chi connectivity index (χ0v) is 13.9. The van der Waals surface area contributed by atoms with Crippen molar-refractivity contribution < 1.29 is 24.8 Å².